The molecule has 2 aromatic heterocycles. The van der Waals surface area contributed by atoms with Gasteiger partial charge in [-0.15, -0.1) is 0 Å². The number of hydrogen-bond donors (Lipinski definition) is 3. The number of carbonyl (C=O) groups excluding carboxylic acids is 1. The minimum atomic E-state index is -0.0819. The molecule has 4 rings (SSSR count). The predicted molar refractivity (Wildman–Crippen MR) is 88.4 cm³/mol. The molecule has 6 nitrogen and oxygen atoms in total. The number of aromatic nitrogens is 4. The Morgan fingerprint density at radius 3 is 2.70 bits per heavy atom. The number of carbonyl (C=O) groups is 1. The van der Waals surface area contributed by atoms with Crippen molar-refractivity contribution in [2.75, 3.05) is 0 Å². The lowest BCUT2D eigenvalue weighted by atomic mass is 10.1. The molecule has 1 fully saturated rings. The molecule has 2 heterocycles. The third kappa shape index (κ3) is 2.40. The van der Waals surface area contributed by atoms with Crippen molar-refractivity contribution in [1.29, 1.82) is 0 Å². The summed E-state index contributed by atoms with van der Waals surface area (Å²) in [4.78, 5) is 20.4. The molecule has 3 N–H and O–H groups in total. The lowest BCUT2D eigenvalue weighted by Gasteiger charge is -2.03. The fraction of sp³-hybridized carbons (Fsp3) is 0.353. The number of rotatable bonds is 3. The molecule has 1 aliphatic carbocycles. The van der Waals surface area contributed by atoms with Crippen molar-refractivity contribution in [3.8, 4) is 11.5 Å². The van der Waals surface area contributed by atoms with E-state index in [-0.39, 0.29) is 5.91 Å². The summed E-state index contributed by atoms with van der Waals surface area (Å²) in [6.45, 7) is 5.99. The van der Waals surface area contributed by atoms with E-state index in [9.17, 15) is 4.79 Å². The maximum absolute atomic E-state index is 12.5. The maximum Gasteiger partial charge on any atom is 0.255 e. The van der Waals surface area contributed by atoms with Gasteiger partial charge in [0, 0.05) is 11.7 Å². The minimum absolute atomic E-state index is 0.0819. The zero-order valence-electron chi connectivity index (χ0n) is 13.4. The summed E-state index contributed by atoms with van der Waals surface area (Å²) in [5.74, 6) is 0.539. The lowest BCUT2D eigenvalue weighted by Crippen LogP contribution is -2.26. The van der Waals surface area contributed by atoms with Gasteiger partial charge in [-0.2, -0.15) is 5.10 Å². The van der Waals surface area contributed by atoms with E-state index in [1.165, 1.54) is 11.1 Å². The van der Waals surface area contributed by atoms with Crippen LogP contribution < -0.4 is 5.32 Å². The molecule has 1 saturated carbocycles. The largest absolute Gasteiger partial charge is 0.349 e. The maximum atomic E-state index is 12.5. The van der Waals surface area contributed by atoms with Crippen LogP contribution in [0, 0.1) is 20.8 Å². The van der Waals surface area contributed by atoms with Gasteiger partial charge in [-0.1, -0.05) is 0 Å². The first-order valence-electron chi connectivity index (χ1n) is 7.86. The number of aryl methyl sites for hydroxylation is 3. The van der Waals surface area contributed by atoms with Crippen molar-refractivity contribution < 1.29 is 4.79 Å². The third-order valence-electron chi connectivity index (χ3n) is 4.41. The summed E-state index contributed by atoms with van der Waals surface area (Å²) < 4.78 is 0. The third-order valence-corrected chi connectivity index (χ3v) is 4.41. The fourth-order valence-corrected chi connectivity index (χ4v) is 2.75. The highest BCUT2D eigenvalue weighted by Gasteiger charge is 2.28. The number of amides is 1. The van der Waals surface area contributed by atoms with Gasteiger partial charge in [-0.3, -0.25) is 9.89 Å². The first-order valence-corrected chi connectivity index (χ1v) is 7.86. The molecule has 0 bridgehead atoms. The second-order valence-corrected chi connectivity index (χ2v) is 6.36. The van der Waals surface area contributed by atoms with Crippen LogP contribution in [0.4, 0.5) is 0 Å². The van der Waals surface area contributed by atoms with Crippen molar-refractivity contribution in [3.63, 3.8) is 0 Å². The van der Waals surface area contributed by atoms with Crippen LogP contribution in [0.5, 0.6) is 0 Å². The number of nitrogens with zero attached hydrogens (tertiary/aromatic N) is 2. The molecule has 0 radical (unpaired) electrons. The summed E-state index contributed by atoms with van der Waals surface area (Å²) in [6, 6.07) is 4.43. The Morgan fingerprint density at radius 2 is 1.96 bits per heavy atom. The topological polar surface area (TPSA) is 86.5 Å². The average Bonchev–Trinajstić information content (AvgIpc) is 3.08. The molecule has 23 heavy (non-hydrogen) atoms. The summed E-state index contributed by atoms with van der Waals surface area (Å²) >= 11 is 0. The van der Waals surface area contributed by atoms with Gasteiger partial charge in [0.15, 0.2) is 5.82 Å². The Morgan fingerprint density at radius 1 is 1.22 bits per heavy atom. The van der Waals surface area contributed by atoms with E-state index in [1.807, 2.05) is 13.0 Å². The molecule has 1 amide bonds. The summed E-state index contributed by atoms with van der Waals surface area (Å²) in [6.07, 6.45) is 2.11. The van der Waals surface area contributed by atoms with Crippen LogP contribution in [-0.4, -0.2) is 32.1 Å². The normalized spacial score (nSPS) is 14.4. The summed E-state index contributed by atoms with van der Waals surface area (Å²) in [5.41, 5.74) is 6.15. The van der Waals surface area contributed by atoms with Crippen LogP contribution in [0.3, 0.4) is 0 Å². The molecule has 118 valence electrons. The highest BCUT2D eigenvalue weighted by atomic mass is 16.1. The number of aromatic amines is 2. The van der Waals surface area contributed by atoms with Gasteiger partial charge in [0.25, 0.3) is 5.91 Å². The van der Waals surface area contributed by atoms with E-state index in [0.717, 1.165) is 29.6 Å². The molecule has 1 aromatic carbocycles. The van der Waals surface area contributed by atoms with E-state index in [1.54, 1.807) is 0 Å². The van der Waals surface area contributed by atoms with E-state index < -0.39 is 0 Å². The van der Waals surface area contributed by atoms with E-state index in [2.05, 4.69) is 45.4 Å². The Balaban J connectivity index is 1.79. The zero-order chi connectivity index (χ0) is 16.1. The fourth-order valence-electron chi connectivity index (χ4n) is 2.75. The predicted octanol–water partition coefficient (Wildman–Crippen LogP) is 2.77. The van der Waals surface area contributed by atoms with Crippen LogP contribution >= 0.6 is 0 Å². The van der Waals surface area contributed by atoms with Crippen LogP contribution in [-0.2, 0) is 0 Å². The Labute approximate surface area is 133 Å². The number of benzene rings is 1. The van der Waals surface area contributed by atoms with Gasteiger partial charge in [0.05, 0.1) is 16.6 Å². The number of H-pyrrole nitrogens is 2. The van der Waals surface area contributed by atoms with E-state index in [0.29, 0.717) is 23.1 Å². The van der Waals surface area contributed by atoms with Crippen LogP contribution in [0.15, 0.2) is 12.1 Å². The molecule has 0 atom stereocenters. The van der Waals surface area contributed by atoms with Crippen LogP contribution in [0.1, 0.15) is 40.0 Å². The number of imidazole rings is 1. The van der Waals surface area contributed by atoms with Gasteiger partial charge in [0.1, 0.15) is 5.69 Å². The monoisotopic (exact) mass is 309 g/mol. The molecule has 6 heteroatoms. The highest BCUT2D eigenvalue weighted by Crippen LogP contribution is 2.27. The van der Waals surface area contributed by atoms with E-state index in [4.69, 9.17) is 0 Å². The van der Waals surface area contributed by atoms with Gasteiger partial charge >= 0.3 is 0 Å². The van der Waals surface area contributed by atoms with Crippen LogP contribution in [0.2, 0.25) is 0 Å². The first-order chi connectivity index (χ1) is 11.0. The lowest BCUT2D eigenvalue weighted by molar-refractivity contribution is 0.0951. The van der Waals surface area contributed by atoms with Gasteiger partial charge in [0.2, 0.25) is 0 Å². The smallest absolute Gasteiger partial charge is 0.255 e. The van der Waals surface area contributed by atoms with Crippen molar-refractivity contribution in [2.45, 2.75) is 39.7 Å². The molecule has 0 unspecified atom stereocenters. The van der Waals surface area contributed by atoms with Crippen molar-refractivity contribution in [3.05, 3.63) is 34.5 Å². The molecule has 0 saturated heterocycles. The van der Waals surface area contributed by atoms with Crippen molar-refractivity contribution in [2.24, 2.45) is 0 Å². The number of hydrogen-bond acceptors (Lipinski definition) is 3. The number of nitrogens with one attached hydrogen (secondary N) is 3. The Hall–Kier alpha value is -2.63. The second kappa shape index (κ2) is 4.94. The zero-order valence-corrected chi connectivity index (χ0v) is 13.4. The first kappa shape index (κ1) is 14.0. The molecule has 3 aromatic rings. The minimum Gasteiger partial charge on any atom is -0.349 e. The molecular weight excluding hydrogens is 290 g/mol. The second-order valence-electron chi connectivity index (χ2n) is 6.36. The van der Waals surface area contributed by atoms with Crippen LogP contribution in [0.25, 0.3) is 22.6 Å². The SMILES string of the molecule is Cc1cc2nc(-c3n[nH]c(C)c3C(=O)NC3CC3)[nH]c2cc1C. The quantitative estimate of drug-likeness (QED) is 0.695. The average molecular weight is 309 g/mol. The van der Waals surface area contributed by atoms with Gasteiger partial charge in [-0.25, -0.2) is 4.98 Å². The number of fused-ring (bicyclic) bond motifs is 1. The summed E-state index contributed by atoms with van der Waals surface area (Å²) in [7, 11) is 0. The standard InChI is InChI=1S/C17H19N5O/c1-8-6-12-13(7-9(8)2)20-16(19-12)15-14(10(3)21-22-15)17(23)18-11-4-5-11/h6-7,11H,4-5H2,1-3H3,(H,18,23)(H,19,20)(H,21,22). The van der Waals surface area contributed by atoms with E-state index >= 15 is 0 Å². The molecule has 0 aliphatic heterocycles. The highest BCUT2D eigenvalue weighted by molar-refractivity contribution is 6.01. The van der Waals surface area contributed by atoms with Crippen molar-refractivity contribution in [1.82, 2.24) is 25.5 Å². The summed E-state index contributed by atoms with van der Waals surface area (Å²) in [5, 5.41) is 10.2. The Kier molecular flexibility index (Phi) is 3.01. The molecule has 1 aliphatic rings. The van der Waals surface area contributed by atoms with Gasteiger partial charge < -0.3 is 10.3 Å². The Bertz CT molecular complexity index is 878. The van der Waals surface area contributed by atoms with Gasteiger partial charge in [-0.05, 0) is 56.9 Å². The molecular formula is C17H19N5O. The van der Waals surface area contributed by atoms with Crippen molar-refractivity contribution >= 4 is 16.9 Å². The molecule has 0 spiro atoms.